The van der Waals surface area contributed by atoms with Gasteiger partial charge in [0.25, 0.3) is 0 Å². The Labute approximate surface area is 108 Å². The first-order valence-electron chi connectivity index (χ1n) is 6.53. The van der Waals surface area contributed by atoms with Crippen LogP contribution < -0.4 is 4.74 Å². The molecule has 1 aliphatic rings. The van der Waals surface area contributed by atoms with Crippen molar-refractivity contribution < 1.29 is 14.3 Å². The van der Waals surface area contributed by atoms with Gasteiger partial charge in [0.2, 0.25) is 0 Å². The van der Waals surface area contributed by atoms with Crippen molar-refractivity contribution in [3.63, 3.8) is 0 Å². The summed E-state index contributed by atoms with van der Waals surface area (Å²) >= 11 is 0. The number of carbonyl (C=O) groups excluding carboxylic acids is 1. The van der Waals surface area contributed by atoms with E-state index in [1.165, 1.54) is 0 Å². The van der Waals surface area contributed by atoms with E-state index in [-0.39, 0.29) is 5.78 Å². The molecule has 3 nitrogen and oxygen atoms in total. The molecule has 0 N–H and O–H groups in total. The predicted molar refractivity (Wildman–Crippen MR) is 70.3 cm³/mol. The summed E-state index contributed by atoms with van der Waals surface area (Å²) in [4.78, 5) is 11.5. The lowest BCUT2D eigenvalue weighted by atomic mass is 10.1. The van der Waals surface area contributed by atoms with Crippen LogP contribution in [0.1, 0.15) is 42.1 Å². The standard InChI is InChI=1S/C15H20O3/c1-11-5-6-14(12(2)16)15(10-11)18-9-7-13-4-3-8-17-13/h5-6,10,13H,3-4,7-9H2,1-2H3. The number of rotatable bonds is 5. The van der Waals surface area contributed by atoms with Gasteiger partial charge in [-0.25, -0.2) is 0 Å². The van der Waals surface area contributed by atoms with Crippen LogP contribution in [0.4, 0.5) is 0 Å². The zero-order valence-electron chi connectivity index (χ0n) is 11.1. The van der Waals surface area contributed by atoms with E-state index in [4.69, 9.17) is 9.47 Å². The SMILES string of the molecule is CC(=O)c1ccc(C)cc1OCCC1CCCO1. The van der Waals surface area contributed by atoms with Gasteiger partial charge >= 0.3 is 0 Å². The lowest BCUT2D eigenvalue weighted by molar-refractivity contribution is 0.0898. The average molecular weight is 248 g/mol. The maximum atomic E-state index is 11.5. The first-order chi connectivity index (χ1) is 8.66. The Morgan fingerprint density at radius 3 is 3.00 bits per heavy atom. The fourth-order valence-corrected chi connectivity index (χ4v) is 2.21. The molecular formula is C15H20O3. The lowest BCUT2D eigenvalue weighted by Gasteiger charge is -2.13. The van der Waals surface area contributed by atoms with E-state index >= 15 is 0 Å². The Morgan fingerprint density at radius 2 is 2.33 bits per heavy atom. The number of ketones is 1. The van der Waals surface area contributed by atoms with Gasteiger partial charge in [-0.2, -0.15) is 0 Å². The van der Waals surface area contributed by atoms with Gasteiger partial charge in [-0.1, -0.05) is 6.07 Å². The second-order valence-electron chi connectivity index (χ2n) is 4.83. The van der Waals surface area contributed by atoms with Crippen LogP contribution in [0, 0.1) is 6.92 Å². The maximum absolute atomic E-state index is 11.5. The minimum absolute atomic E-state index is 0.0436. The first kappa shape index (κ1) is 13.1. The summed E-state index contributed by atoms with van der Waals surface area (Å²) in [7, 11) is 0. The van der Waals surface area contributed by atoms with E-state index in [2.05, 4.69) is 0 Å². The third-order valence-electron chi connectivity index (χ3n) is 3.24. The van der Waals surface area contributed by atoms with Crippen LogP contribution >= 0.6 is 0 Å². The minimum atomic E-state index is 0.0436. The molecule has 1 heterocycles. The second kappa shape index (κ2) is 6.01. The molecule has 3 heteroatoms. The topological polar surface area (TPSA) is 35.5 Å². The molecule has 1 aromatic carbocycles. The molecule has 0 aromatic heterocycles. The highest BCUT2D eigenvalue weighted by Gasteiger charge is 2.16. The Kier molecular flexibility index (Phi) is 4.37. The molecule has 0 amide bonds. The first-order valence-corrected chi connectivity index (χ1v) is 6.53. The van der Waals surface area contributed by atoms with E-state index in [1.807, 2.05) is 25.1 Å². The molecule has 1 unspecified atom stereocenters. The van der Waals surface area contributed by atoms with Crippen LogP contribution in [0.15, 0.2) is 18.2 Å². The monoisotopic (exact) mass is 248 g/mol. The molecule has 1 atom stereocenters. The quantitative estimate of drug-likeness (QED) is 0.751. The molecule has 2 rings (SSSR count). The molecular weight excluding hydrogens is 228 g/mol. The summed E-state index contributed by atoms with van der Waals surface area (Å²) in [6.45, 7) is 5.04. The fraction of sp³-hybridized carbons (Fsp3) is 0.533. The zero-order valence-corrected chi connectivity index (χ0v) is 11.1. The fourth-order valence-electron chi connectivity index (χ4n) is 2.21. The summed E-state index contributed by atoms with van der Waals surface area (Å²) < 4.78 is 11.3. The minimum Gasteiger partial charge on any atom is -0.493 e. The van der Waals surface area contributed by atoms with Crippen LogP contribution in [-0.4, -0.2) is 25.1 Å². The number of hydrogen-bond donors (Lipinski definition) is 0. The Hall–Kier alpha value is -1.35. The molecule has 0 radical (unpaired) electrons. The van der Waals surface area contributed by atoms with Crippen LogP contribution in [0.25, 0.3) is 0 Å². The highest BCUT2D eigenvalue weighted by molar-refractivity contribution is 5.96. The molecule has 1 aliphatic heterocycles. The van der Waals surface area contributed by atoms with Crippen molar-refractivity contribution in [2.24, 2.45) is 0 Å². The van der Waals surface area contributed by atoms with Gasteiger partial charge in [-0.15, -0.1) is 0 Å². The summed E-state index contributed by atoms with van der Waals surface area (Å²) in [5.74, 6) is 0.739. The van der Waals surface area contributed by atoms with Crippen molar-refractivity contribution in [3.05, 3.63) is 29.3 Å². The highest BCUT2D eigenvalue weighted by atomic mass is 16.5. The van der Waals surface area contributed by atoms with Gasteiger partial charge in [0.15, 0.2) is 5.78 Å². The van der Waals surface area contributed by atoms with Crippen LogP contribution in [-0.2, 0) is 4.74 Å². The number of ether oxygens (including phenoxy) is 2. The van der Waals surface area contributed by atoms with E-state index in [0.29, 0.717) is 24.0 Å². The molecule has 18 heavy (non-hydrogen) atoms. The smallest absolute Gasteiger partial charge is 0.163 e. The number of Topliss-reactive ketones (excluding diaryl/α,β-unsaturated/α-hetero) is 1. The van der Waals surface area contributed by atoms with Crippen molar-refractivity contribution in [2.75, 3.05) is 13.2 Å². The molecule has 0 aliphatic carbocycles. The molecule has 0 saturated carbocycles. The number of benzene rings is 1. The number of carbonyl (C=O) groups is 1. The van der Waals surface area contributed by atoms with Crippen molar-refractivity contribution in [2.45, 2.75) is 39.2 Å². The molecule has 1 saturated heterocycles. The average Bonchev–Trinajstić information content (AvgIpc) is 2.82. The third kappa shape index (κ3) is 3.33. The van der Waals surface area contributed by atoms with E-state index in [0.717, 1.165) is 31.4 Å². The largest absolute Gasteiger partial charge is 0.493 e. The third-order valence-corrected chi connectivity index (χ3v) is 3.24. The predicted octanol–water partition coefficient (Wildman–Crippen LogP) is 3.15. The lowest BCUT2D eigenvalue weighted by Crippen LogP contribution is -2.12. The summed E-state index contributed by atoms with van der Waals surface area (Å²) in [5.41, 5.74) is 1.76. The number of aryl methyl sites for hydroxylation is 1. The van der Waals surface area contributed by atoms with Crippen molar-refractivity contribution in [3.8, 4) is 5.75 Å². The molecule has 1 aromatic rings. The normalized spacial score (nSPS) is 18.9. The summed E-state index contributed by atoms with van der Waals surface area (Å²) in [6.07, 6.45) is 3.49. The summed E-state index contributed by atoms with van der Waals surface area (Å²) in [6, 6.07) is 5.69. The summed E-state index contributed by atoms with van der Waals surface area (Å²) in [5, 5.41) is 0. The van der Waals surface area contributed by atoms with Crippen LogP contribution in [0.3, 0.4) is 0 Å². The van der Waals surface area contributed by atoms with Crippen LogP contribution in [0.5, 0.6) is 5.75 Å². The number of hydrogen-bond acceptors (Lipinski definition) is 3. The zero-order chi connectivity index (χ0) is 13.0. The van der Waals surface area contributed by atoms with E-state index < -0.39 is 0 Å². The van der Waals surface area contributed by atoms with Gasteiger partial charge in [-0.05, 0) is 44.4 Å². The van der Waals surface area contributed by atoms with E-state index in [9.17, 15) is 4.79 Å². The van der Waals surface area contributed by atoms with Gasteiger partial charge < -0.3 is 9.47 Å². The van der Waals surface area contributed by atoms with Gasteiger partial charge in [0.05, 0.1) is 18.3 Å². The Morgan fingerprint density at radius 1 is 1.50 bits per heavy atom. The van der Waals surface area contributed by atoms with Gasteiger partial charge in [-0.3, -0.25) is 4.79 Å². The van der Waals surface area contributed by atoms with E-state index in [1.54, 1.807) is 6.92 Å². The Bertz CT molecular complexity index is 420. The molecule has 0 spiro atoms. The molecule has 98 valence electrons. The van der Waals surface area contributed by atoms with Crippen molar-refractivity contribution >= 4 is 5.78 Å². The Balaban J connectivity index is 1.94. The molecule has 0 bridgehead atoms. The van der Waals surface area contributed by atoms with Gasteiger partial charge in [0.1, 0.15) is 5.75 Å². The van der Waals surface area contributed by atoms with Gasteiger partial charge in [0, 0.05) is 13.0 Å². The van der Waals surface area contributed by atoms with Crippen molar-refractivity contribution in [1.29, 1.82) is 0 Å². The highest BCUT2D eigenvalue weighted by Crippen LogP contribution is 2.22. The van der Waals surface area contributed by atoms with Crippen molar-refractivity contribution in [1.82, 2.24) is 0 Å². The maximum Gasteiger partial charge on any atom is 0.163 e. The van der Waals surface area contributed by atoms with Crippen LogP contribution in [0.2, 0.25) is 0 Å². The molecule has 1 fully saturated rings. The second-order valence-corrected chi connectivity index (χ2v) is 4.83.